The molecule has 5 heteroatoms. The predicted octanol–water partition coefficient (Wildman–Crippen LogP) is 2.34. The first-order valence-corrected chi connectivity index (χ1v) is 6.80. The molecule has 0 atom stereocenters. The quantitative estimate of drug-likeness (QED) is 0.350. The molecular formula is C13H28IN3O. The lowest BCUT2D eigenvalue weighted by atomic mass is 10.00. The Hall–Kier alpha value is -0.0400. The van der Waals surface area contributed by atoms with Gasteiger partial charge < -0.3 is 15.0 Å². The van der Waals surface area contributed by atoms with E-state index in [4.69, 9.17) is 4.74 Å². The predicted molar refractivity (Wildman–Crippen MR) is 87.9 cm³/mol. The second kappa shape index (κ2) is 10.8. The summed E-state index contributed by atoms with van der Waals surface area (Å²) < 4.78 is 5.04. The summed E-state index contributed by atoms with van der Waals surface area (Å²) in [5, 5.41) is 3.38. The molecule has 0 aliphatic carbocycles. The fourth-order valence-corrected chi connectivity index (χ4v) is 2.04. The zero-order valence-electron chi connectivity index (χ0n) is 11.9. The number of aliphatic imine (C=N–C) groups is 1. The maximum absolute atomic E-state index is 5.04. The second-order valence-electron chi connectivity index (χ2n) is 4.75. The molecule has 1 N–H and O–H groups in total. The van der Waals surface area contributed by atoms with E-state index in [-0.39, 0.29) is 24.0 Å². The third-order valence-electron chi connectivity index (χ3n) is 3.19. The fourth-order valence-electron chi connectivity index (χ4n) is 2.04. The van der Waals surface area contributed by atoms with E-state index in [0.29, 0.717) is 0 Å². The number of halogens is 1. The van der Waals surface area contributed by atoms with Gasteiger partial charge in [0.1, 0.15) is 0 Å². The van der Waals surface area contributed by atoms with Gasteiger partial charge >= 0.3 is 0 Å². The summed E-state index contributed by atoms with van der Waals surface area (Å²) in [6.45, 7) is 9.31. The van der Waals surface area contributed by atoms with Gasteiger partial charge in [0.2, 0.25) is 0 Å². The zero-order chi connectivity index (χ0) is 12.5. The van der Waals surface area contributed by atoms with E-state index in [9.17, 15) is 0 Å². The maximum Gasteiger partial charge on any atom is 0.193 e. The average molecular weight is 369 g/mol. The van der Waals surface area contributed by atoms with Crippen LogP contribution in [0.1, 0.15) is 33.1 Å². The van der Waals surface area contributed by atoms with Crippen LogP contribution < -0.4 is 5.32 Å². The first kappa shape index (κ1) is 18.0. The lowest BCUT2D eigenvalue weighted by Gasteiger charge is -2.33. The number of piperidine rings is 1. The van der Waals surface area contributed by atoms with Gasteiger partial charge in [-0.2, -0.15) is 0 Å². The Morgan fingerprint density at radius 2 is 2.06 bits per heavy atom. The van der Waals surface area contributed by atoms with Crippen LogP contribution in [0.25, 0.3) is 0 Å². The summed E-state index contributed by atoms with van der Waals surface area (Å²) in [5.41, 5.74) is 0. The van der Waals surface area contributed by atoms with E-state index in [0.717, 1.165) is 51.1 Å². The van der Waals surface area contributed by atoms with E-state index in [1.807, 2.05) is 0 Å². The van der Waals surface area contributed by atoms with Gasteiger partial charge in [-0.1, -0.05) is 6.92 Å². The Balaban J connectivity index is 0.00000289. The van der Waals surface area contributed by atoms with Crippen LogP contribution in [0, 0.1) is 5.92 Å². The molecule has 1 aliphatic heterocycles. The molecule has 1 fully saturated rings. The van der Waals surface area contributed by atoms with E-state index in [1.165, 1.54) is 12.8 Å². The highest BCUT2D eigenvalue weighted by atomic mass is 127. The van der Waals surface area contributed by atoms with Crippen molar-refractivity contribution in [1.82, 2.24) is 10.2 Å². The Bertz CT molecular complexity index is 228. The number of nitrogens with one attached hydrogen (secondary N) is 1. The van der Waals surface area contributed by atoms with Crippen molar-refractivity contribution in [2.45, 2.75) is 33.1 Å². The van der Waals surface area contributed by atoms with Crippen LogP contribution in [-0.4, -0.2) is 50.8 Å². The van der Waals surface area contributed by atoms with Crippen LogP contribution in [-0.2, 0) is 4.74 Å². The van der Waals surface area contributed by atoms with Crippen molar-refractivity contribution < 1.29 is 4.74 Å². The second-order valence-corrected chi connectivity index (χ2v) is 4.75. The molecule has 0 saturated carbocycles. The molecule has 0 aromatic rings. The highest BCUT2D eigenvalue weighted by molar-refractivity contribution is 14.0. The Labute approximate surface area is 129 Å². The van der Waals surface area contributed by atoms with Crippen molar-refractivity contribution >= 4 is 29.9 Å². The summed E-state index contributed by atoms with van der Waals surface area (Å²) >= 11 is 0. The van der Waals surface area contributed by atoms with Gasteiger partial charge in [-0.15, -0.1) is 24.0 Å². The Morgan fingerprint density at radius 1 is 1.39 bits per heavy atom. The van der Waals surface area contributed by atoms with Gasteiger partial charge in [0.05, 0.1) is 0 Å². The van der Waals surface area contributed by atoms with Crippen LogP contribution >= 0.6 is 24.0 Å². The molecule has 18 heavy (non-hydrogen) atoms. The third kappa shape index (κ3) is 6.78. The van der Waals surface area contributed by atoms with Gasteiger partial charge in [-0.25, -0.2) is 0 Å². The molecule has 108 valence electrons. The lowest BCUT2D eigenvalue weighted by molar-refractivity contribution is 0.196. The van der Waals surface area contributed by atoms with Crippen molar-refractivity contribution in [2.75, 3.05) is 39.9 Å². The minimum absolute atomic E-state index is 0. The first-order chi connectivity index (χ1) is 8.27. The molecule has 0 spiro atoms. The van der Waals surface area contributed by atoms with Gasteiger partial charge in [0, 0.05) is 39.9 Å². The van der Waals surface area contributed by atoms with Crippen molar-refractivity contribution in [3.05, 3.63) is 0 Å². The molecule has 0 aromatic carbocycles. The summed E-state index contributed by atoms with van der Waals surface area (Å²) in [7, 11) is 1.74. The van der Waals surface area contributed by atoms with Crippen molar-refractivity contribution in [3.8, 4) is 0 Å². The highest BCUT2D eigenvalue weighted by Gasteiger charge is 2.18. The molecule has 1 rings (SSSR count). The molecule has 0 unspecified atom stereocenters. The standard InChI is InChI=1S/C13H27N3O.HI/c1-4-14-13(15-8-5-11-17-3)16-9-6-12(2)7-10-16;/h12H,4-11H2,1-3H3,(H,14,15);1H. The first-order valence-electron chi connectivity index (χ1n) is 6.80. The molecule has 0 bridgehead atoms. The summed E-state index contributed by atoms with van der Waals surface area (Å²) in [6, 6.07) is 0. The van der Waals surface area contributed by atoms with Crippen LogP contribution in [0.4, 0.5) is 0 Å². The number of ether oxygens (including phenoxy) is 1. The smallest absolute Gasteiger partial charge is 0.193 e. The molecule has 0 aromatic heterocycles. The number of hydrogen-bond donors (Lipinski definition) is 1. The van der Waals surface area contributed by atoms with Gasteiger partial charge in [0.25, 0.3) is 0 Å². The van der Waals surface area contributed by atoms with Crippen LogP contribution in [0.3, 0.4) is 0 Å². The van der Waals surface area contributed by atoms with Crippen LogP contribution in [0.2, 0.25) is 0 Å². The van der Waals surface area contributed by atoms with Gasteiger partial charge in [0.15, 0.2) is 5.96 Å². The topological polar surface area (TPSA) is 36.9 Å². The number of hydrogen-bond acceptors (Lipinski definition) is 2. The molecule has 1 heterocycles. The summed E-state index contributed by atoms with van der Waals surface area (Å²) in [4.78, 5) is 7.04. The zero-order valence-corrected chi connectivity index (χ0v) is 14.3. The lowest BCUT2D eigenvalue weighted by Crippen LogP contribution is -2.45. The van der Waals surface area contributed by atoms with E-state index < -0.39 is 0 Å². The van der Waals surface area contributed by atoms with Gasteiger partial charge in [-0.05, 0) is 32.1 Å². The van der Waals surface area contributed by atoms with Crippen LogP contribution in [0.15, 0.2) is 4.99 Å². The molecule has 4 nitrogen and oxygen atoms in total. The average Bonchev–Trinajstić information content (AvgIpc) is 2.34. The largest absolute Gasteiger partial charge is 0.385 e. The maximum atomic E-state index is 5.04. The van der Waals surface area contributed by atoms with E-state index in [2.05, 4.69) is 29.1 Å². The minimum Gasteiger partial charge on any atom is -0.385 e. The number of rotatable bonds is 5. The number of likely N-dealkylation sites (tertiary alicyclic amines) is 1. The molecular weight excluding hydrogens is 341 g/mol. The van der Waals surface area contributed by atoms with E-state index in [1.54, 1.807) is 7.11 Å². The Morgan fingerprint density at radius 3 is 2.61 bits per heavy atom. The van der Waals surface area contributed by atoms with Crippen molar-refractivity contribution in [3.63, 3.8) is 0 Å². The molecule has 0 amide bonds. The minimum atomic E-state index is 0. The normalized spacial score (nSPS) is 17.5. The molecule has 0 radical (unpaired) electrons. The number of methoxy groups -OCH3 is 1. The summed E-state index contributed by atoms with van der Waals surface area (Å²) in [5.74, 6) is 1.94. The SMILES string of the molecule is CCNC(=NCCCOC)N1CCC(C)CC1.I. The Kier molecular flexibility index (Phi) is 10.8. The fraction of sp³-hybridized carbons (Fsp3) is 0.923. The molecule has 1 aliphatic rings. The number of nitrogens with zero attached hydrogens (tertiary/aromatic N) is 2. The molecule has 1 saturated heterocycles. The van der Waals surface area contributed by atoms with Gasteiger partial charge in [-0.3, -0.25) is 4.99 Å². The summed E-state index contributed by atoms with van der Waals surface area (Å²) in [6.07, 6.45) is 3.56. The monoisotopic (exact) mass is 369 g/mol. The van der Waals surface area contributed by atoms with Crippen molar-refractivity contribution in [2.24, 2.45) is 10.9 Å². The van der Waals surface area contributed by atoms with E-state index >= 15 is 0 Å². The highest BCUT2D eigenvalue weighted by Crippen LogP contribution is 2.15. The van der Waals surface area contributed by atoms with Crippen LogP contribution in [0.5, 0.6) is 0 Å². The number of guanidine groups is 1. The van der Waals surface area contributed by atoms with Crippen molar-refractivity contribution in [1.29, 1.82) is 0 Å². The third-order valence-corrected chi connectivity index (χ3v) is 3.19.